The van der Waals surface area contributed by atoms with E-state index in [2.05, 4.69) is 58.7 Å². The molecule has 1 nitrogen and oxygen atoms in total. The van der Waals surface area contributed by atoms with Crippen LogP contribution in [-0.4, -0.2) is 18.0 Å². The van der Waals surface area contributed by atoms with Gasteiger partial charge in [-0.05, 0) is 30.4 Å². The Bertz CT molecular complexity index is 158. The lowest BCUT2D eigenvalue weighted by molar-refractivity contribution is 0.295. The maximum atomic E-state index is 2.46. The Morgan fingerprint density at radius 1 is 0.800 bits per heavy atom. The molecule has 90 valence electrons. The van der Waals surface area contributed by atoms with Crippen molar-refractivity contribution in [3.05, 3.63) is 12.3 Å². The van der Waals surface area contributed by atoms with Gasteiger partial charge in [0.05, 0.1) is 0 Å². The van der Waals surface area contributed by atoms with E-state index in [-0.39, 0.29) is 0 Å². The van der Waals surface area contributed by atoms with Crippen molar-refractivity contribution < 1.29 is 0 Å². The molecule has 0 aliphatic carbocycles. The maximum Gasteiger partial charge on any atom is 0.0195 e. The van der Waals surface area contributed by atoms with E-state index in [1.807, 2.05) is 0 Å². The molecule has 0 aliphatic rings. The zero-order chi connectivity index (χ0) is 11.8. The average molecular weight is 211 g/mol. The molecule has 1 heteroatoms. The van der Waals surface area contributed by atoms with E-state index in [0.717, 1.165) is 17.8 Å². The molecule has 0 spiro atoms. The van der Waals surface area contributed by atoms with Crippen molar-refractivity contribution in [2.24, 2.45) is 17.8 Å². The fraction of sp³-hybridized carbons (Fsp3) is 0.857. The number of allylic oxidation sites excluding steroid dienone is 1. The van der Waals surface area contributed by atoms with Crippen LogP contribution in [0.3, 0.4) is 0 Å². The van der Waals surface area contributed by atoms with Gasteiger partial charge in [-0.2, -0.15) is 0 Å². The number of hydrogen-bond donors (Lipinski definition) is 0. The third-order valence-corrected chi connectivity index (χ3v) is 2.12. The lowest BCUT2D eigenvalue weighted by atomic mass is 10.1. The highest BCUT2D eigenvalue weighted by Gasteiger charge is 2.04. The van der Waals surface area contributed by atoms with E-state index in [4.69, 9.17) is 0 Å². The molecule has 0 radical (unpaired) electrons. The standard InChI is InChI=1S/C14H29N/c1-12(2)8-7-9-15(10-13(3)4)11-14(5)6/h7,9,12-14H,8,10-11H2,1-6H3/b9-7+. The summed E-state index contributed by atoms with van der Waals surface area (Å²) in [5.41, 5.74) is 0. The summed E-state index contributed by atoms with van der Waals surface area (Å²) in [5.74, 6) is 2.25. The average Bonchev–Trinajstić information content (AvgIpc) is 2.00. The Morgan fingerprint density at radius 2 is 1.27 bits per heavy atom. The van der Waals surface area contributed by atoms with Crippen molar-refractivity contribution in [1.82, 2.24) is 4.90 Å². The van der Waals surface area contributed by atoms with E-state index in [9.17, 15) is 0 Å². The van der Waals surface area contributed by atoms with Crippen LogP contribution in [0.1, 0.15) is 48.0 Å². The van der Waals surface area contributed by atoms with Gasteiger partial charge >= 0.3 is 0 Å². The second-order valence-electron chi connectivity index (χ2n) is 5.76. The fourth-order valence-electron chi connectivity index (χ4n) is 1.62. The lowest BCUT2D eigenvalue weighted by Crippen LogP contribution is -2.26. The molecule has 0 bridgehead atoms. The molecule has 0 saturated heterocycles. The first-order chi connectivity index (χ1) is 6.91. The molecule has 0 aliphatic heterocycles. The second-order valence-corrected chi connectivity index (χ2v) is 5.76. The van der Waals surface area contributed by atoms with Crippen LogP contribution < -0.4 is 0 Å². The van der Waals surface area contributed by atoms with Crippen LogP contribution >= 0.6 is 0 Å². The SMILES string of the molecule is CC(C)C/C=C/N(CC(C)C)CC(C)C. The van der Waals surface area contributed by atoms with Gasteiger partial charge in [-0.1, -0.05) is 47.6 Å². The van der Waals surface area contributed by atoms with Gasteiger partial charge in [0.1, 0.15) is 0 Å². The third-order valence-electron chi connectivity index (χ3n) is 2.12. The molecular weight excluding hydrogens is 182 g/mol. The monoisotopic (exact) mass is 211 g/mol. The molecule has 0 rings (SSSR count). The number of rotatable bonds is 7. The Morgan fingerprint density at radius 3 is 1.60 bits per heavy atom. The third kappa shape index (κ3) is 9.84. The van der Waals surface area contributed by atoms with Crippen LogP contribution in [0.5, 0.6) is 0 Å². The summed E-state index contributed by atoms with van der Waals surface area (Å²) < 4.78 is 0. The van der Waals surface area contributed by atoms with E-state index in [1.165, 1.54) is 19.5 Å². The summed E-state index contributed by atoms with van der Waals surface area (Å²) in [5, 5.41) is 0. The quantitative estimate of drug-likeness (QED) is 0.611. The van der Waals surface area contributed by atoms with Crippen molar-refractivity contribution in [3.8, 4) is 0 Å². The molecule has 0 saturated carbocycles. The van der Waals surface area contributed by atoms with Crippen LogP contribution in [0.15, 0.2) is 12.3 Å². The minimum atomic E-state index is 0.743. The van der Waals surface area contributed by atoms with E-state index in [1.54, 1.807) is 0 Å². The van der Waals surface area contributed by atoms with Crippen LogP contribution in [0.25, 0.3) is 0 Å². The molecule has 0 fully saturated rings. The highest BCUT2D eigenvalue weighted by Crippen LogP contribution is 2.06. The number of nitrogens with zero attached hydrogens (tertiary/aromatic N) is 1. The van der Waals surface area contributed by atoms with Crippen LogP contribution in [0, 0.1) is 17.8 Å². The normalized spacial score (nSPS) is 12.3. The second kappa shape index (κ2) is 7.78. The van der Waals surface area contributed by atoms with E-state index < -0.39 is 0 Å². The summed E-state index contributed by atoms with van der Waals surface area (Å²) in [4.78, 5) is 2.46. The van der Waals surface area contributed by atoms with Gasteiger partial charge in [0, 0.05) is 13.1 Å². The Balaban J connectivity index is 4.05. The Hall–Kier alpha value is -0.460. The van der Waals surface area contributed by atoms with Gasteiger partial charge in [0.25, 0.3) is 0 Å². The van der Waals surface area contributed by atoms with E-state index in [0.29, 0.717) is 0 Å². The predicted molar refractivity (Wildman–Crippen MR) is 69.8 cm³/mol. The van der Waals surface area contributed by atoms with Gasteiger partial charge in [-0.25, -0.2) is 0 Å². The highest BCUT2D eigenvalue weighted by atomic mass is 15.1. The minimum Gasteiger partial charge on any atom is -0.377 e. The summed E-state index contributed by atoms with van der Waals surface area (Å²) in [6.07, 6.45) is 5.79. The fourth-order valence-corrected chi connectivity index (χ4v) is 1.62. The molecule has 0 N–H and O–H groups in total. The van der Waals surface area contributed by atoms with E-state index >= 15 is 0 Å². The summed E-state index contributed by atoms with van der Waals surface area (Å²) in [7, 11) is 0. The predicted octanol–water partition coefficient (Wildman–Crippen LogP) is 4.16. The smallest absolute Gasteiger partial charge is 0.0195 e. The van der Waals surface area contributed by atoms with Crippen molar-refractivity contribution in [1.29, 1.82) is 0 Å². The van der Waals surface area contributed by atoms with Gasteiger partial charge in [-0.3, -0.25) is 0 Å². The summed E-state index contributed by atoms with van der Waals surface area (Å²) in [6.45, 7) is 16.0. The summed E-state index contributed by atoms with van der Waals surface area (Å²) >= 11 is 0. The van der Waals surface area contributed by atoms with Crippen LogP contribution in [0.4, 0.5) is 0 Å². The molecule has 0 atom stereocenters. The first-order valence-corrected chi connectivity index (χ1v) is 6.32. The Labute approximate surface area is 96.6 Å². The lowest BCUT2D eigenvalue weighted by Gasteiger charge is -2.24. The first-order valence-electron chi connectivity index (χ1n) is 6.32. The molecule has 15 heavy (non-hydrogen) atoms. The van der Waals surface area contributed by atoms with Crippen molar-refractivity contribution in [2.45, 2.75) is 48.0 Å². The molecular formula is C14H29N. The van der Waals surface area contributed by atoms with Gasteiger partial charge in [0.15, 0.2) is 0 Å². The largest absolute Gasteiger partial charge is 0.377 e. The van der Waals surface area contributed by atoms with Gasteiger partial charge in [-0.15, -0.1) is 0 Å². The molecule has 0 amide bonds. The van der Waals surface area contributed by atoms with Gasteiger partial charge < -0.3 is 4.90 Å². The minimum absolute atomic E-state index is 0.743. The maximum absolute atomic E-state index is 2.46. The molecule has 0 heterocycles. The zero-order valence-corrected chi connectivity index (χ0v) is 11.5. The van der Waals surface area contributed by atoms with Crippen molar-refractivity contribution in [3.63, 3.8) is 0 Å². The van der Waals surface area contributed by atoms with Crippen LogP contribution in [-0.2, 0) is 0 Å². The Kier molecular flexibility index (Phi) is 7.54. The highest BCUT2D eigenvalue weighted by molar-refractivity contribution is 4.84. The number of hydrogen-bond acceptors (Lipinski definition) is 1. The molecule has 0 aromatic rings. The summed E-state index contributed by atoms with van der Waals surface area (Å²) in [6, 6.07) is 0. The van der Waals surface area contributed by atoms with Crippen molar-refractivity contribution >= 4 is 0 Å². The van der Waals surface area contributed by atoms with Crippen LogP contribution in [0.2, 0.25) is 0 Å². The molecule has 0 aromatic carbocycles. The first kappa shape index (κ1) is 14.5. The zero-order valence-electron chi connectivity index (χ0n) is 11.5. The van der Waals surface area contributed by atoms with Gasteiger partial charge in [0.2, 0.25) is 0 Å². The molecule has 0 aromatic heterocycles. The van der Waals surface area contributed by atoms with Crippen molar-refractivity contribution in [2.75, 3.05) is 13.1 Å². The topological polar surface area (TPSA) is 3.24 Å². The molecule has 0 unspecified atom stereocenters.